The number of benzene rings is 1. The second kappa shape index (κ2) is 8.23. The number of thiazole rings is 1. The highest BCUT2D eigenvalue weighted by molar-refractivity contribution is 7.22. The van der Waals surface area contributed by atoms with Gasteiger partial charge in [0.2, 0.25) is 5.91 Å². The van der Waals surface area contributed by atoms with E-state index >= 15 is 0 Å². The number of para-hydroxylation sites is 1. The number of anilines is 2. The van der Waals surface area contributed by atoms with E-state index < -0.39 is 0 Å². The van der Waals surface area contributed by atoms with Crippen LogP contribution in [0.5, 0.6) is 0 Å². The van der Waals surface area contributed by atoms with Crippen molar-refractivity contribution in [3.05, 3.63) is 66.6 Å². The van der Waals surface area contributed by atoms with Crippen molar-refractivity contribution in [1.82, 2.24) is 19.7 Å². The van der Waals surface area contributed by atoms with Crippen molar-refractivity contribution in [2.24, 2.45) is 5.92 Å². The number of hydrogen-bond acceptors (Lipinski definition) is 6. The molecular formula is C22H22N6OS. The van der Waals surface area contributed by atoms with Gasteiger partial charge < -0.3 is 10.2 Å². The zero-order valence-electron chi connectivity index (χ0n) is 16.4. The summed E-state index contributed by atoms with van der Waals surface area (Å²) in [5, 5.41) is 8.46. The van der Waals surface area contributed by atoms with Crippen molar-refractivity contribution in [3.63, 3.8) is 0 Å². The van der Waals surface area contributed by atoms with Gasteiger partial charge >= 0.3 is 0 Å². The quantitative estimate of drug-likeness (QED) is 0.534. The van der Waals surface area contributed by atoms with Gasteiger partial charge in [-0.1, -0.05) is 29.5 Å². The molecule has 0 bridgehead atoms. The third-order valence-electron chi connectivity index (χ3n) is 5.30. The summed E-state index contributed by atoms with van der Waals surface area (Å²) in [6, 6.07) is 13.9. The molecule has 1 aliphatic rings. The number of nitrogens with one attached hydrogen (secondary N) is 1. The average molecular weight is 419 g/mol. The third kappa shape index (κ3) is 4.04. The van der Waals surface area contributed by atoms with Gasteiger partial charge in [-0.25, -0.2) is 4.98 Å². The minimum atomic E-state index is -0.0748. The minimum absolute atomic E-state index is 0.0208. The summed E-state index contributed by atoms with van der Waals surface area (Å²) < 4.78 is 2.99. The van der Waals surface area contributed by atoms with E-state index in [1.807, 2.05) is 48.8 Å². The van der Waals surface area contributed by atoms with Crippen LogP contribution in [-0.2, 0) is 11.3 Å². The van der Waals surface area contributed by atoms with Gasteiger partial charge in [-0.2, -0.15) is 5.10 Å². The lowest BCUT2D eigenvalue weighted by atomic mass is 9.97. The Kier molecular flexibility index (Phi) is 5.15. The summed E-state index contributed by atoms with van der Waals surface area (Å²) >= 11 is 1.69. The maximum absolute atomic E-state index is 12.9. The fraction of sp³-hybridized carbons (Fsp3) is 0.273. The number of hydrogen-bond donors (Lipinski definition) is 1. The molecule has 4 heterocycles. The summed E-state index contributed by atoms with van der Waals surface area (Å²) in [4.78, 5) is 24.0. The molecular weight excluding hydrogens is 396 g/mol. The second-order valence-electron chi connectivity index (χ2n) is 7.50. The zero-order valence-corrected chi connectivity index (χ0v) is 17.3. The van der Waals surface area contributed by atoms with E-state index in [1.165, 1.54) is 4.70 Å². The lowest BCUT2D eigenvalue weighted by molar-refractivity contribution is -0.120. The number of piperidine rings is 1. The smallest absolute Gasteiger partial charge is 0.230 e. The highest BCUT2D eigenvalue weighted by atomic mass is 32.1. The zero-order chi connectivity index (χ0) is 20.3. The van der Waals surface area contributed by atoms with Gasteiger partial charge in [0, 0.05) is 37.7 Å². The Bertz CT molecular complexity index is 1120. The van der Waals surface area contributed by atoms with E-state index in [2.05, 4.69) is 26.4 Å². The molecule has 7 nitrogen and oxygen atoms in total. The number of rotatable bonds is 5. The SMILES string of the molecule is O=C(Nc1ccn(Cc2cccnc2)n1)[C@H]1CCCN(c2nc3ccccc3s2)C1. The topological polar surface area (TPSA) is 75.9 Å². The van der Waals surface area contributed by atoms with Gasteiger partial charge in [-0.3, -0.25) is 14.5 Å². The van der Waals surface area contributed by atoms with Gasteiger partial charge in [0.25, 0.3) is 0 Å². The maximum atomic E-state index is 12.9. The number of fused-ring (bicyclic) bond motifs is 1. The molecule has 1 aromatic carbocycles. The van der Waals surface area contributed by atoms with Crippen LogP contribution in [0.1, 0.15) is 18.4 Å². The van der Waals surface area contributed by atoms with E-state index in [0.717, 1.165) is 35.6 Å². The Hall–Kier alpha value is -3.26. The summed E-state index contributed by atoms with van der Waals surface area (Å²) in [6.45, 7) is 2.24. The van der Waals surface area contributed by atoms with Crippen molar-refractivity contribution in [3.8, 4) is 0 Å². The summed E-state index contributed by atoms with van der Waals surface area (Å²) in [7, 11) is 0. The summed E-state index contributed by atoms with van der Waals surface area (Å²) in [5.41, 5.74) is 2.08. The molecule has 1 atom stereocenters. The lowest BCUT2D eigenvalue weighted by Crippen LogP contribution is -2.40. The summed E-state index contributed by atoms with van der Waals surface area (Å²) in [6.07, 6.45) is 7.29. The van der Waals surface area contributed by atoms with Crippen LogP contribution in [-0.4, -0.2) is 38.7 Å². The highest BCUT2D eigenvalue weighted by Gasteiger charge is 2.28. The van der Waals surface area contributed by atoms with Crippen LogP contribution in [0.15, 0.2) is 61.1 Å². The molecule has 0 aliphatic carbocycles. The molecule has 1 N–H and O–H groups in total. The molecule has 5 rings (SSSR count). The van der Waals surface area contributed by atoms with Crippen molar-refractivity contribution in [1.29, 1.82) is 0 Å². The van der Waals surface area contributed by atoms with Gasteiger partial charge in [0.1, 0.15) is 0 Å². The normalized spacial score (nSPS) is 16.7. The summed E-state index contributed by atoms with van der Waals surface area (Å²) in [5.74, 6) is 0.530. The highest BCUT2D eigenvalue weighted by Crippen LogP contribution is 2.31. The first-order chi connectivity index (χ1) is 14.7. The number of carbonyl (C=O) groups excluding carboxylic acids is 1. The van der Waals surface area contributed by atoms with E-state index in [1.54, 1.807) is 22.2 Å². The molecule has 1 fully saturated rings. The first-order valence-electron chi connectivity index (χ1n) is 10.1. The number of carbonyl (C=O) groups is 1. The minimum Gasteiger partial charge on any atom is -0.347 e. The molecule has 8 heteroatoms. The van der Waals surface area contributed by atoms with Crippen molar-refractivity contribution in [2.75, 3.05) is 23.3 Å². The number of amides is 1. The molecule has 0 spiro atoms. The van der Waals surface area contributed by atoms with Gasteiger partial charge in [-0.05, 0) is 36.6 Å². The molecule has 1 amide bonds. The predicted molar refractivity (Wildman–Crippen MR) is 119 cm³/mol. The second-order valence-corrected chi connectivity index (χ2v) is 8.51. The Morgan fingerprint density at radius 3 is 3.00 bits per heavy atom. The lowest BCUT2D eigenvalue weighted by Gasteiger charge is -2.31. The Morgan fingerprint density at radius 1 is 1.20 bits per heavy atom. The molecule has 1 saturated heterocycles. The van der Waals surface area contributed by atoms with E-state index in [0.29, 0.717) is 18.9 Å². The van der Waals surface area contributed by atoms with Crippen LogP contribution in [0.25, 0.3) is 10.2 Å². The van der Waals surface area contributed by atoms with Crippen LogP contribution in [0.3, 0.4) is 0 Å². The maximum Gasteiger partial charge on any atom is 0.230 e. The van der Waals surface area contributed by atoms with Gasteiger partial charge in [0.15, 0.2) is 10.9 Å². The first kappa shape index (κ1) is 18.7. The molecule has 1 aliphatic heterocycles. The standard InChI is InChI=1S/C22H22N6OS/c29-21(25-20-9-12-28(26-20)14-16-5-3-10-23-13-16)17-6-4-11-27(15-17)22-24-18-7-1-2-8-19(18)30-22/h1-3,5,7-10,12-13,17H,4,6,11,14-15H2,(H,25,26,29)/t17-/m0/s1. The molecule has 0 radical (unpaired) electrons. The largest absolute Gasteiger partial charge is 0.347 e. The molecule has 0 saturated carbocycles. The van der Waals surface area contributed by atoms with Crippen molar-refractivity contribution >= 4 is 38.4 Å². The fourth-order valence-corrected chi connectivity index (χ4v) is 4.78. The van der Waals surface area contributed by atoms with E-state index in [4.69, 9.17) is 4.98 Å². The Balaban J connectivity index is 1.23. The number of nitrogens with zero attached hydrogens (tertiary/aromatic N) is 5. The molecule has 0 unspecified atom stereocenters. The third-order valence-corrected chi connectivity index (χ3v) is 6.40. The monoisotopic (exact) mass is 418 g/mol. The Labute approximate surface area is 178 Å². The fourth-order valence-electron chi connectivity index (χ4n) is 3.78. The average Bonchev–Trinajstić information content (AvgIpc) is 3.41. The van der Waals surface area contributed by atoms with Crippen LogP contribution in [0.4, 0.5) is 10.9 Å². The number of pyridine rings is 1. The van der Waals surface area contributed by atoms with Gasteiger partial charge in [-0.15, -0.1) is 0 Å². The Morgan fingerprint density at radius 2 is 2.13 bits per heavy atom. The van der Waals surface area contributed by atoms with Crippen LogP contribution < -0.4 is 10.2 Å². The number of aromatic nitrogens is 4. The molecule has 3 aromatic heterocycles. The molecule has 152 valence electrons. The van der Waals surface area contributed by atoms with Crippen molar-refractivity contribution in [2.45, 2.75) is 19.4 Å². The first-order valence-corrected chi connectivity index (χ1v) is 10.9. The van der Waals surface area contributed by atoms with Crippen molar-refractivity contribution < 1.29 is 4.79 Å². The van der Waals surface area contributed by atoms with Crippen LogP contribution >= 0.6 is 11.3 Å². The van der Waals surface area contributed by atoms with Gasteiger partial charge in [0.05, 0.1) is 22.7 Å². The van der Waals surface area contributed by atoms with Crippen LogP contribution in [0, 0.1) is 5.92 Å². The van der Waals surface area contributed by atoms with E-state index in [-0.39, 0.29) is 11.8 Å². The molecule has 30 heavy (non-hydrogen) atoms. The predicted octanol–water partition coefficient (Wildman–Crippen LogP) is 3.79. The van der Waals surface area contributed by atoms with E-state index in [9.17, 15) is 4.79 Å². The molecule has 4 aromatic rings. The van der Waals surface area contributed by atoms with Crippen LogP contribution in [0.2, 0.25) is 0 Å².